The molecule has 0 unspecified atom stereocenters. The van der Waals surface area contributed by atoms with Gasteiger partial charge in [-0.1, -0.05) is 67.9 Å². The zero-order valence-electron chi connectivity index (χ0n) is 11.5. The molecule has 2 rings (SSSR count). The smallest absolute Gasteiger partial charge is 0.0126 e. The summed E-state index contributed by atoms with van der Waals surface area (Å²) in [6.45, 7) is 6.30. The fraction of sp³-hybridized carbons (Fsp3) is 0.294. The average molecular weight is 258 g/mol. The second kappa shape index (κ2) is 7.99. The second-order valence-electron chi connectivity index (χ2n) is 4.24. The highest BCUT2D eigenvalue weighted by molar-refractivity contribution is 7.80. The highest BCUT2D eigenvalue weighted by atomic mass is 32.1. The van der Waals surface area contributed by atoms with Crippen LogP contribution in [0, 0.1) is 6.92 Å². The molecule has 0 radical (unpaired) electrons. The topological polar surface area (TPSA) is 0 Å². The quantitative estimate of drug-likeness (QED) is 0.707. The van der Waals surface area contributed by atoms with Crippen LogP contribution < -0.4 is 0 Å². The summed E-state index contributed by atoms with van der Waals surface area (Å²) in [6, 6.07) is 17.4. The fourth-order valence-electron chi connectivity index (χ4n) is 1.76. The Bertz CT molecular complexity index is 457. The minimum atomic E-state index is 0.944. The summed E-state index contributed by atoms with van der Waals surface area (Å²) >= 11 is 3.79. The summed E-state index contributed by atoms with van der Waals surface area (Å²) in [4.78, 5) is 0. The van der Waals surface area contributed by atoms with Crippen LogP contribution in [0.4, 0.5) is 0 Å². The third-order valence-corrected chi connectivity index (χ3v) is 2.71. The molecule has 0 aliphatic carbocycles. The number of hydrogen-bond acceptors (Lipinski definition) is 1. The minimum absolute atomic E-state index is 0.944. The van der Waals surface area contributed by atoms with Gasteiger partial charge in [-0.3, -0.25) is 0 Å². The average Bonchev–Trinajstić information content (AvgIpc) is 2.40. The highest BCUT2D eigenvalue weighted by Crippen LogP contribution is 2.20. The van der Waals surface area contributed by atoms with E-state index in [-0.39, 0.29) is 0 Å². The van der Waals surface area contributed by atoms with Crippen LogP contribution in [0.15, 0.2) is 48.5 Å². The Balaban J connectivity index is 0.000000492. The summed E-state index contributed by atoms with van der Waals surface area (Å²) in [5, 5.41) is 0. The van der Waals surface area contributed by atoms with E-state index >= 15 is 0 Å². The van der Waals surface area contributed by atoms with Gasteiger partial charge in [-0.05, 0) is 35.8 Å². The van der Waals surface area contributed by atoms with Crippen molar-refractivity contribution in [3.05, 3.63) is 59.7 Å². The van der Waals surface area contributed by atoms with Gasteiger partial charge >= 0.3 is 0 Å². The van der Waals surface area contributed by atoms with Crippen molar-refractivity contribution < 1.29 is 0 Å². The molecular weight excluding hydrogens is 236 g/mol. The molecule has 0 heterocycles. The molecule has 0 saturated heterocycles. The van der Waals surface area contributed by atoms with E-state index in [2.05, 4.69) is 75.0 Å². The Morgan fingerprint density at radius 2 is 1.50 bits per heavy atom. The van der Waals surface area contributed by atoms with Crippen molar-refractivity contribution in [3.63, 3.8) is 0 Å². The van der Waals surface area contributed by atoms with E-state index < -0.39 is 0 Å². The summed E-state index contributed by atoms with van der Waals surface area (Å²) < 4.78 is 0. The van der Waals surface area contributed by atoms with E-state index in [1.807, 2.05) is 6.92 Å². The second-order valence-corrected chi connectivity index (χ2v) is 4.87. The summed E-state index contributed by atoms with van der Waals surface area (Å²) in [7, 11) is 0. The van der Waals surface area contributed by atoms with E-state index in [0.29, 0.717) is 0 Å². The minimum Gasteiger partial charge on any atom is -0.180 e. The Labute approximate surface area is 116 Å². The fourth-order valence-corrected chi connectivity index (χ4v) is 1.76. The van der Waals surface area contributed by atoms with Crippen LogP contribution in [0.3, 0.4) is 0 Å². The molecule has 0 saturated carbocycles. The van der Waals surface area contributed by atoms with E-state index in [9.17, 15) is 0 Å². The van der Waals surface area contributed by atoms with Gasteiger partial charge < -0.3 is 0 Å². The van der Waals surface area contributed by atoms with Crippen molar-refractivity contribution in [2.45, 2.75) is 27.2 Å². The maximum Gasteiger partial charge on any atom is -0.0126 e. The summed E-state index contributed by atoms with van der Waals surface area (Å²) in [5.41, 5.74) is 5.31. The molecule has 2 aromatic rings. The normalized spacial score (nSPS) is 9.56. The molecule has 0 atom stereocenters. The van der Waals surface area contributed by atoms with E-state index in [0.717, 1.165) is 12.2 Å². The first-order valence-corrected chi connectivity index (χ1v) is 7.11. The monoisotopic (exact) mass is 258 g/mol. The lowest BCUT2D eigenvalue weighted by Gasteiger charge is -2.04. The van der Waals surface area contributed by atoms with Crippen LogP contribution in [-0.2, 0) is 6.42 Å². The maximum atomic E-state index is 3.79. The third-order valence-electron chi connectivity index (χ3n) is 2.71. The first-order valence-electron chi connectivity index (χ1n) is 6.48. The first-order chi connectivity index (χ1) is 8.71. The van der Waals surface area contributed by atoms with Gasteiger partial charge in [0.1, 0.15) is 0 Å². The van der Waals surface area contributed by atoms with Crippen molar-refractivity contribution >= 4 is 12.6 Å². The molecule has 0 nitrogen and oxygen atoms in total. The number of rotatable bonds is 2. The molecule has 0 N–H and O–H groups in total. The Morgan fingerprint density at radius 1 is 0.889 bits per heavy atom. The molecule has 0 amide bonds. The Kier molecular flexibility index (Phi) is 6.59. The molecular formula is C17H22S. The third kappa shape index (κ3) is 4.58. The molecule has 96 valence electrons. The highest BCUT2D eigenvalue weighted by Gasteiger charge is 1.97. The number of benzene rings is 2. The van der Waals surface area contributed by atoms with Gasteiger partial charge in [0.05, 0.1) is 0 Å². The summed E-state index contributed by atoms with van der Waals surface area (Å²) in [5.74, 6) is 0.944. The summed E-state index contributed by atoms with van der Waals surface area (Å²) in [6.07, 6.45) is 1.11. The van der Waals surface area contributed by atoms with E-state index in [4.69, 9.17) is 0 Å². The molecule has 0 aliphatic rings. The molecule has 0 aromatic heterocycles. The molecule has 0 bridgehead atoms. The molecule has 1 heteroatoms. The molecule has 18 heavy (non-hydrogen) atoms. The van der Waals surface area contributed by atoms with Gasteiger partial charge in [0.15, 0.2) is 0 Å². The lowest BCUT2D eigenvalue weighted by Crippen LogP contribution is -1.82. The predicted octanol–water partition coefficient (Wildman–Crippen LogP) is 5.16. The van der Waals surface area contributed by atoms with Gasteiger partial charge in [0.25, 0.3) is 0 Å². The van der Waals surface area contributed by atoms with Crippen LogP contribution in [0.2, 0.25) is 0 Å². The molecule has 0 fully saturated rings. The lowest BCUT2D eigenvalue weighted by atomic mass is 10.0. The first kappa shape index (κ1) is 14.8. The van der Waals surface area contributed by atoms with E-state index in [1.54, 1.807) is 0 Å². The van der Waals surface area contributed by atoms with Crippen molar-refractivity contribution in [3.8, 4) is 11.1 Å². The SMILES string of the molecule is CCS.CCc1ccc(-c2cccc(C)c2)cc1. The van der Waals surface area contributed by atoms with Gasteiger partial charge in [-0.2, -0.15) is 12.6 Å². The maximum absolute atomic E-state index is 3.79. The standard InChI is InChI=1S/C15H16.C2H6S/c1-3-13-7-9-14(10-8-13)15-6-4-5-12(2)11-15;1-2-3/h4-11H,3H2,1-2H3;3H,2H2,1H3. The van der Waals surface area contributed by atoms with Crippen LogP contribution in [0.25, 0.3) is 11.1 Å². The van der Waals surface area contributed by atoms with Gasteiger partial charge in [0, 0.05) is 0 Å². The largest absolute Gasteiger partial charge is 0.180 e. The molecule has 0 spiro atoms. The van der Waals surface area contributed by atoms with Crippen molar-refractivity contribution in [1.82, 2.24) is 0 Å². The van der Waals surface area contributed by atoms with Crippen molar-refractivity contribution in [1.29, 1.82) is 0 Å². The van der Waals surface area contributed by atoms with Gasteiger partial charge in [0.2, 0.25) is 0 Å². The van der Waals surface area contributed by atoms with Crippen molar-refractivity contribution in [2.24, 2.45) is 0 Å². The predicted molar refractivity (Wildman–Crippen MR) is 85.5 cm³/mol. The van der Waals surface area contributed by atoms with Crippen LogP contribution in [-0.4, -0.2) is 5.75 Å². The van der Waals surface area contributed by atoms with Gasteiger partial charge in [-0.25, -0.2) is 0 Å². The lowest BCUT2D eigenvalue weighted by molar-refractivity contribution is 1.14. The number of hydrogen-bond donors (Lipinski definition) is 1. The van der Waals surface area contributed by atoms with Crippen LogP contribution in [0.1, 0.15) is 25.0 Å². The number of thiol groups is 1. The zero-order chi connectivity index (χ0) is 13.4. The molecule has 2 aromatic carbocycles. The molecule has 0 aliphatic heterocycles. The van der Waals surface area contributed by atoms with Crippen molar-refractivity contribution in [2.75, 3.05) is 5.75 Å². The van der Waals surface area contributed by atoms with Crippen LogP contribution in [0.5, 0.6) is 0 Å². The zero-order valence-corrected chi connectivity index (χ0v) is 12.4. The van der Waals surface area contributed by atoms with E-state index in [1.165, 1.54) is 22.3 Å². The Hall–Kier alpha value is -1.21. The number of aryl methyl sites for hydroxylation is 2. The van der Waals surface area contributed by atoms with Crippen LogP contribution >= 0.6 is 12.6 Å². The Morgan fingerprint density at radius 3 is 2.00 bits per heavy atom. The van der Waals surface area contributed by atoms with Gasteiger partial charge in [-0.15, -0.1) is 0 Å².